The van der Waals surface area contributed by atoms with Crippen LogP contribution < -0.4 is 5.32 Å². The minimum Gasteiger partial charge on any atom is -0.380 e. The molecule has 1 aromatic carbocycles. The Morgan fingerprint density at radius 3 is 2.50 bits per heavy atom. The lowest BCUT2D eigenvalue weighted by Gasteiger charge is -2.10. The van der Waals surface area contributed by atoms with Crippen LogP contribution in [0.25, 0.3) is 0 Å². The maximum Gasteiger partial charge on any atom is 0.0494 e. The molecule has 0 aliphatic heterocycles. The van der Waals surface area contributed by atoms with E-state index >= 15 is 0 Å². The molecule has 0 unspecified atom stereocenters. The first kappa shape index (κ1) is 14.0. The molecule has 1 fully saturated rings. The molecule has 3 heteroatoms. The van der Waals surface area contributed by atoms with Crippen LogP contribution in [0.1, 0.15) is 35.4 Å². The van der Waals surface area contributed by atoms with E-state index in [-0.39, 0.29) is 0 Å². The lowest BCUT2D eigenvalue weighted by Crippen LogP contribution is -1.97. The second kappa shape index (κ2) is 6.68. The topological polar surface area (TPSA) is 12.0 Å². The summed E-state index contributed by atoms with van der Waals surface area (Å²) in [4.78, 5) is 4.19. The Labute approximate surface area is 129 Å². The molecule has 1 saturated carbocycles. The van der Waals surface area contributed by atoms with E-state index in [1.165, 1.54) is 46.0 Å². The number of benzene rings is 1. The van der Waals surface area contributed by atoms with Crippen LogP contribution in [0.2, 0.25) is 0 Å². The van der Waals surface area contributed by atoms with Gasteiger partial charge in [0.2, 0.25) is 0 Å². The zero-order chi connectivity index (χ0) is 13.8. The minimum absolute atomic E-state index is 0.850. The first-order valence-electron chi connectivity index (χ1n) is 7.35. The number of thioether (sulfide) groups is 1. The minimum atomic E-state index is 0.850. The largest absolute Gasteiger partial charge is 0.380 e. The molecule has 0 spiro atoms. The van der Waals surface area contributed by atoms with Crippen LogP contribution >= 0.6 is 23.1 Å². The lowest BCUT2D eigenvalue weighted by atomic mass is 10.3. The van der Waals surface area contributed by atoms with Gasteiger partial charge in [-0.05, 0) is 56.2 Å². The molecule has 3 rings (SSSR count). The average Bonchev–Trinajstić information content (AvgIpc) is 3.10. The summed E-state index contributed by atoms with van der Waals surface area (Å²) < 4.78 is 0. The molecule has 1 aliphatic rings. The summed E-state index contributed by atoms with van der Waals surface area (Å²) in [5, 5.41) is 4.35. The predicted octanol–water partition coefficient (Wildman–Crippen LogP) is 5.70. The highest BCUT2D eigenvalue weighted by Crippen LogP contribution is 2.35. The molecule has 0 bridgehead atoms. The molecule has 1 aliphatic carbocycles. The maximum absolute atomic E-state index is 3.50. The number of hydrogen-bond donors (Lipinski definition) is 1. The third kappa shape index (κ3) is 3.80. The lowest BCUT2D eigenvalue weighted by molar-refractivity contribution is 0.886. The van der Waals surface area contributed by atoms with E-state index in [1.54, 1.807) is 0 Å². The second-order valence-electron chi connectivity index (χ2n) is 5.41. The van der Waals surface area contributed by atoms with Crippen molar-refractivity contribution in [3.05, 3.63) is 46.2 Å². The summed E-state index contributed by atoms with van der Waals surface area (Å²) >= 11 is 3.92. The molecule has 2 aromatic rings. The molecule has 0 atom stereocenters. The highest BCUT2D eigenvalue weighted by atomic mass is 32.2. The van der Waals surface area contributed by atoms with Gasteiger partial charge >= 0.3 is 0 Å². The van der Waals surface area contributed by atoms with Gasteiger partial charge < -0.3 is 5.32 Å². The van der Waals surface area contributed by atoms with Crippen molar-refractivity contribution in [1.82, 2.24) is 0 Å². The van der Waals surface area contributed by atoms with Crippen molar-refractivity contribution in [3.8, 4) is 0 Å². The monoisotopic (exact) mass is 303 g/mol. The summed E-state index contributed by atoms with van der Waals surface area (Å²) in [5.74, 6) is 0. The number of nitrogens with one attached hydrogen (secondary N) is 1. The molecule has 1 aromatic heterocycles. The van der Waals surface area contributed by atoms with E-state index < -0.39 is 0 Å². The Morgan fingerprint density at radius 1 is 1.10 bits per heavy atom. The third-order valence-corrected chi connectivity index (χ3v) is 6.07. The van der Waals surface area contributed by atoms with Crippen LogP contribution in [-0.4, -0.2) is 5.25 Å². The fourth-order valence-electron chi connectivity index (χ4n) is 2.62. The van der Waals surface area contributed by atoms with E-state index in [0.717, 1.165) is 11.8 Å². The fourth-order valence-corrected chi connectivity index (χ4v) is 4.70. The van der Waals surface area contributed by atoms with Crippen molar-refractivity contribution in [2.24, 2.45) is 0 Å². The molecule has 20 heavy (non-hydrogen) atoms. The second-order valence-corrected chi connectivity index (χ2v) is 8.16. The van der Waals surface area contributed by atoms with Crippen molar-refractivity contribution in [3.63, 3.8) is 0 Å². The van der Waals surface area contributed by atoms with Gasteiger partial charge in [0, 0.05) is 32.1 Å². The van der Waals surface area contributed by atoms with Crippen LogP contribution in [0.5, 0.6) is 0 Å². The van der Waals surface area contributed by atoms with E-state index in [2.05, 4.69) is 60.4 Å². The smallest absolute Gasteiger partial charge is 0.0494 e. The van der Waals surface area contributed by atoms with Crippen molar-refractivity contribution >= 4 is 28.8 Å². The van der Waals surface area contributed by atoms with Crippen LogP contribution in [0.4, 0.5) is 5.69 Å². The number of rotatable bonds is 5. The molecule has 0 amide bonds. The van der Waals surface area contributed by atoms with Crippen LogP contribution in [0.3, 0.4) is 0 Å². The van der Waals surface area contributed by atoms with Gasteiger partial charge in [-0.1, -0.05) is 12.8 Å². The van der Waals surface area contributed by atoms with Crippen molar-refractivity contribution < 1.29 is 0 Å². The van der Waals surface area contributed by atoms with Gasteiger partial charge in [0.1, 0.15) is 0 Å². The number of thiophene rings is 1. The van der Waals surface area contributed by atoms with Crippen molar-refractivity contribution in [1.29, 1.82) is 0 Å². The summed E-state index contributed by atoms with van der Waals surface area (Å²) in [6.45, 7) is 3.08. The van der Waals surface area contributed by atoms with E-state index in [9.17, 15) is 0 Å². The van der Waals surface area contributed by atoms with Gasteiger partial charge in [-0.2, -0.15) is 0 Å². The molecule has 1 nitrogen and oxygen atoms in total. The van der Waals surface area contributed by atoms with Crippen LogP contribution in [-0.2, 0) is 6.54 Å². The molecular weight excluding hydrogens is 282 g/mol. The zero-order valence-electron chi connectivity index (χ0n) is 11.9. The summed E-state index contributed by atoms with van der Waals surface area (Å²) in [6, 6.07) is 13.3. The molecule has 0 radical (unpaired) electrons. The molecule has 0 saturated heterocycles. The standard InChI is InChI=1S/C17H21NS2/c1-13-6-9-17(19-13)12-18-14-7-10-16(11-8-14)20-15-4-2-3-5-15/h6-11,15,18H,2-5,12H2,1H3. The van der Waals surface area contributed by atoms with Gasteiger partial charge in [0.25, 0.3) is 0 Å². The zero-order valence-corrected chi connectivity index (χ0v) is 13.5. The Morgan fingerprint density at radius 2 is 1.85 bits per heavy atom. The van der Waals surface area contributed by atoms with E-state index in [4.69, 9.17) is 0 Å². The Kier molecular flexibility index (Phi) is 4.69. The molecule has 1 heterocycles. The van der Waals surface area contributed by atoms with Crippen molar-refractivity contribution in [2.45, 2.75) is 49.3 Å². The maximum atomic E-state index is 3.50. The average molecular weight is 303 g/mol. The van der Waals surface area contributed by atoms with Crippen LogP contribution in [0.15, 0.2) is 41.3 Å². The first-order chi connectivity index (χ1) is 9.79. The van der Waals surface area contributed by atoms with E-state index in [1.807, 2.05) is 11.3 Å². The highest BCUT2D eigenvalue weighted by molar-refractivity contribution is 8.00. The first-order valence-corrected chi connectivity index (χ1v) is 9.05. The summed E-state index contributed by atoms with van der Waals surface area (Å²) in [5.41, 5.74) is 1.21. The van der Waals surface area contributed by atoms with Gasteiger partial charge in [-0.3, -0.25) is 0 Å². The Balaban J connectivity index is 1.52. The van der Waals surface area contributed by atoms with Gasteiger partial charge in [0.15, 0.2) is 0 Å². The quantitative estimate of drug-likeness (QED) is 0.760. The van der Waals surface area contributed by atoms with Crippen LogP contribution in [0, 0.1) is 6.92 Å². The van der Waals surface area contributed by atoms with Gasteiger partial charge in [0.05, 0.1) is 0 Å². The molecule has 106 valence electrons. The van der Waals surface area contributed by atoms with Crippen molar-refractivity contribution in [2.75, 3.05) is 5.32 Å². The predicted molar refractivity (Wildman–Crippen MR) is 90.9 cm³/mol. The number of anilines is 1. The fraction of sp³-hybridized carbons (Fsp3) is 0.412. The van der Waals surface area contributed by atoms with Gasteiger partial charge in [-0.25, -0.2) is 0 Å². The summed E-state index contributed by atoms with van der Waals surface area (Å²) in [7, 11) is 0. The number of aryl methyl sites for hydroxylation is 1. The SMILES string of the molecule is Cc1ccc(CNc2ccc(SC3CCCC3)cc2)s1. The number of hydrogen-bond acceptors (Lipinski definition) is 3. The highest BCUT2D eigenvalue weighted by Gasteiger charge is 2.15. The van der Waals surface area contributed by atoms with Gasteiger partial charge in [-0.15, -0.1) is 23.1 Å². The molecule has 1 N–H and O–H groups in total. The third-order valence-electron chi connectivity index (χ3n) is 3.72. The normalized spacial score (nSPS) is 15.7. The Bertz CT molecular complexity index is 538. The Hall–Kier alpha value is -0.930. The van der Waals surface area contributed by atoms with E-state index in [0.29, 0.717) is 0 Å². The summed E-state index contributed by atoms with van der Waals surface area (Å²) in [6.07, 6.45) is 5.61. The molecular formula is C17H21NS2.